The highest BCUT2D eigenvalue weighted by atomic mass is 35.5. The molecule has 0 atom stereocenters. The maximum Gasteiger partial charge on any atom is 0.0686 e. The molecule has 0 bridgehead atoms. The van der Waals surface area contributed by atoms with Gasteiger partial charge in [-0.2, -0.15) is 0 Å². The summed E-state index contributed by atoms with van der Waals surface area (Å²) in [5, 5.41) is 1.17. The molecule has 0 saturated heterocycles. The van der Waals surface area contributed by atoms with E-state index in [9.17, 15) is 0 Å². The molecule has 0 unspecified atom stereocenters. The average molecular weight is 230 g/mol. The smallest absolute Gasteiger partial charge is 0.0686 e. The summed E-state index contributed by atoms with van der Waals surface area (Å²) in [6.07, 6.45) is 0. The second-order valence-electron chi connectivity index (χ2n) is 1.77. The van der Waals surface area contributed by atoms with E-state index < -0.39 is 0 Å². The summed E-state index contributed by atoms with van der Waals surface area (Å²) in [5.74, 6) is 5.13. The number of rotatable bonds is 1. The Hall–Kier alpha value is -0.150. The Morgan fingerprint density at radius 2 is 1.83 bits per heavy atom. The Kier molecular flexibility index (Phi) is 7.64. The molecule has 0 fully saturated rings. The summed E-state index contributed by atoms with van der Waals surface area (Å²) in [4.78, 5) is 0. The third-order valence-corrected chi connectivity index (χ3v) is 1.65. The molecule has 0 aliphatic carbocycles. The molecule has 1 aromatic rings. The topological polar surface area (TPSA) is 38.0 Å². The SMILES string of the molecule is C.Cl.NNc1cc(Cl)ccc1Cl. The third-order valence-electron chi connectivity index (χ3n) is 1.08. The number of hydrazine groups is 1. The number of nitrogens with two attached hydrogens (primary N) is 1. The Bertz CT molecular complexity index is 240. The van der Waals surface area contributed by atoms with Crippen LogP contribution in [0.25, 0.3) is 0 Å². The zero-order valence-electron chi connectivity index (χ0n) is 5.47. The molecule has 0 aliphatic rings. The van der Waals surface area contributed by atoms with E-state index in [2.05, 4.69) is 5.43 Å². The molecule has 70 valence electrons. The van der Waals surface area contributed by atoms with Gasteiger partial charge in [0.1, 0.15) is 0 Å². The fourth-order valence-corrected chi connectivity index (χ4v) is 0.952. The average Bonchev–Trinajstić information content (AvgIpc) is 1.94. The van der Waals surface area contributed by atoms with Gasteiger partial charge < -0.3 is 5.43 Å². The van der Waals surface area contributed by atoms with Gasteiger partial charge in [-0.05, 0) is 18.2 Å². The predicted octanol–water partition coefficient (Wildman–Crippen LogP) is 3.34. The van der Waals surface area contributed by atoms with Crippen LogP contribution < -0.4 is 11.3 Å². The van der Waals surface area contributed by atoms with E-state index in [4.69, 9.17) is 29.0 Å². The number of anilines is 1. The maximum absolute atomic E-state index is 5.70. The van der Waals surface area contributed by atoms with Gasteiger partial charge in [0, 0.05) is 5.02 Å². The van der Waals surface area contributed by atoms with E-state index in [-0.39, 0.29) is 19.8 Å². The largest absolute Gasteiger partial charge is 0.323 e. The minimum Gasteiger partial charge on any atom is -0.323 e. The van der Waals surface area contributed by atoms with Gasteiger partial charge in [-0.25, -0.2) is 0 Å². The van der Waals surface area contributed by atoms with Gasteiger partial charge in [-0.15, -0.1) is 12.4 Å². The van der Waals surface area contributed by atoms with Crippen LogP contribution in [0.15, 0.2) is 18.2 Å². The lowest BCUT2D eigenvalue weighted by Gasteiger charge is -2.01. The van der Waals surface area contributed by atoms with Gasteiger partial charge in [0.2, 0.25) is 0 Å². The zero-order valence-corrected chi connectivity index (χ0v) is 7.80. The second-order valence-corrected chi connectivity index (χ2v) is 2.61. The number of hydrogen-bond donors (Lipinski definition) is 2. The van der Waals surface area contributed by atoms with Crippen molar-refractivity contribution in [2.24, 2.45) is 5.84 Å². The van der Waals surface area contributed by atoms with Crippen molar-refractivity contribution in [2.45, 2.75) is 7.43 Å². The standard InChI is InChI=1S/C6H6Cl2N2.CH4.ClH/c7-4-1-2-5(8)6(3-4)10-9;;/h1-3,10H,9H2;1H4;1H. The van der Waals surface area contributed by atoms with Gasteiger partial charge in [0.05, 0.1) is 10.7 Å². The first-order valence-electron chi connectivity index (χ1n) is 2.65. The van der Waals surface area contributed by atoms with Gasteiger partial charge in [0.15, 0.2) is 0 Å². The van der Waals surface area contributed by atoms with Gasteiger partial charge >= 0.3 is 0 Å². The summed E-state index contributed by atoms with van der Waals surface area (Å²) in [6, 6.07) is 5.04. The lowest BCUT2D eigenvalue weighted by molar-refractivity contribution is 1.35. The van der Waals surface area contributed by atoms with Gasteiger partial charge in [-0.3, -0.25) is 5.84 Å². The summed E-state index contributed by atoms with van der Waals surface area (Å²) < 4.78 is 0. The molecule has 0 amide bonds. The fraction of sp³-hybridized carbons (Fsp3) is 0.143. The van der Waals surface area contributed by atoms with Gasteiger partial charge in [0.25, 0.3) is 0 Å². The van der Waals surface area contributed by atoms with Crippen molar-refractivity contribution < 1.29 is 0 Å². The molecule has 12 heavy (non-hydrogen) atoms. The maximum atomic E-state index is 5.70. The molecule has 5 heteroatoms. The number of nitrogen functional groups attached to an aromatic ring is 1. The van der Waals surface area contributed by atoms with Crippen LogP contribution in [0.4, 0.5) is 5.69 Å². The van der Waals surface area contributed by atoms with E-state index in [1.54, 1.807) is 18.2 Å². The highest BCUT2D eigenvalue weighted by Gasteiger charge is 1.96. The van der Waals surface area contributed by atoms with E-state index in [1.807, 2.05) is 0 Å². The first-order chi connectivity index (χ1) is 4.74. The number of benzene rings is 1. The van der Waals surface area contributed by atoms with Crippen molar-refractivity contribution in [3.63, 3.8) is 0 Å². The predicted molar refractivity (Wildman–Crippen MR) is 58.3 cm³/mol. The summed E-state index contributed by atoms with van der Waals surface area (Å²) in [7, 11) is 0. The molecule has 1 rings (SSSR count). The molecule has 2 nitrogen and oxygen atoms in total. The van der Waals surface area contributed by atoms with Crippen molar-refractivity contribution in [1.29, 1.82) is 0 Å². The molecule has 0 saturated carbocycles. The number of hydrogen-bond acceptors (Lipinski definition) is 2. The monoisotopic (exact) mass is 228 g/mol. The first-order valence-corrected chi connectivity index (χ1v) is 3.41. The van der Waals surface area contributed by atoms with E-state index in [0.29, 0.717) is 15.7 Å². The van der Waals surface area contributed by atoms with Crippen LogP contribution in [-0.4, -0.2) is 0 Å². The van der Waals surface area contributed by atoms with Crippen LogP contribution in [0.5, 0.6) is 0 Å². The quantitative estimate of drug-likeness (QED) is 0.573. The minimum atomic E-state index is 0. The molecule has 0 spiro atoms. The van der Waals surface area contributed by atoms with Crippen molar-refractivity contribution in [2.75, 3.05) is 5.43 Å². The molecule has 0 aromatic heterocycles. The normalized spacial score (nSPS) is 7.92. The third kappa shape index (κ3) is 3.50. The van der Waals surface area contributed by atoms with Crippen molar-refractivity contribution in [1.82, 2.24) is 0 Å². The second kappa shape index (κ2) is 6.38. The van der Waals surface area contributed by atoms with Crippen LogP contribution in [0, 0.1) is 0 Å². The zero-order chi connectivity index (χ0) is 7.56. The molecule has 0 aliphatic heterocycles. The molecule has 1 aromatic carbocycles. The Balaban J connectivity index is 0. The fourth-order valence-electron chi connectivity index (χ4n) is 0.608. The van der Waals surface area contributed by atoms with Crippen LogP contribution in [0.2, 0.25) is 10.0 Å². The Labute approximate surface area is 88.4 Å². The lowest BCUT2D eigenvalue weighted by atomic mass is 10.3. The van der Waals surface area contributed by atoms with E-state index in [1.165, 1.54) is 0 Å². The molecule has 3 N–H and O–H groups in total. The summed E-state index contributed by atoms with van der Waals surface area (Å²) in [5.41, 5.74) is 3.05. The van der Waals surface area contributed by atoms with E-state index in [0.717, 1.165) is 0 Å². The van der Waals surface area contributed by atoms with Crippen molar-refractivity contribution in [3.8, 4) is 0 Å². The summed E-state index contributed by atoms with van der Waals surface area (Å²) >= 11 is 11.3. The highest BCUT2D eigenvalue weighted by molar-refractivity contribution is 6.35. The molecule has 0 radical (unpaired) electrons. The van der Waals surface area contributed by atoms with Crippen LogP contribution in [0.3, 0.4) is 0 Å². The number of nitrogens with one attached hydrogen (secondary N) is 1. The van der Waals surface area contributed by atoms with Crippen molar-refractivity contribution >= 4 is 41.3 Å². The first kappa shape index (κ1) is 14.4. The Morgan fingerprint density at radius 1 is 1.25 bits per heavy atom. The van der Waals surface area contributed by atoms with Crippen LogP contribution >= 0.6 is 35.6 Å². The van der Waals surface area contributed by atoms with Gasteiger partial charge in [-0.1, -0.05) is 30.6 Å². The molecular formula is C7H11Cl3N2. The van der Waals surface area contributed by atoms with Crippen LogP contribution in [-0.2, 0) is 0 Å². The molecular weight excluding hydrogens is 218 g/mol. The number of halogens is 3. The minimum absolute atomic E-state index is 0. The highest BCUT2D eigenvalue weighted by Crippen LogP contribution is 2.23. The lowest BCUT2D eigenvalue weighted by Crippen LogP contribution is -2.06. The van der Waals surface area contributed by atoms with Crippen molar-refractivity contribution in [3.05, 3.63) is 28.2 Å². The molecule has 0 heterocycles. The Morgan fingerprint density at radius 3 is 2.25 bits per heavy atom. The van der Waals surface area contributed by atoms with E-state index >= 15 is 0 Å². The van der Waals surface area contributed by atoms with Crippen LogP contribution in [0.1, 0.15) is 7.43 Å². The summed E-state index contributed by atoms with van der Waals surface area (Å²) in [6.45, 7) is 0.